The summed E-state index contributed by atoms with van der Waals surface area (Å²) in [6.07, 6.45) is 2.56. The number of hydrogen-bond donors (Lipinski definition) is 2. The second kappa shape index (κ2) is 7.28. The molecule has 0 spiro atoms. The molecule has 0 aliphatic rings. The van der Waals surface area contributed by atoms with Crippen LogP contribution in [0.2, 0.25) is 0 Å². The normalized spacial score (nSPS) is 14.1. The zero-order chi connectivity index (χ0) is 13.5. The summed E-state index contributed by atoms with van der Waals surface area (Å²) in [5, 5.41) is 12.3. The van der Waals surface area contributed by atoms with Crippen LogP contribution >= 0.6 is 0 Å². The molecule has 100 valence electrons. The summed E-state index contributed by atoms with van der Waals surface area (Å²) in [5.74, 6) is -0.910. The molecule has 0 saturated carbocycles. The van der Waals surface area contributed by atoms with Crippen molar-refractivity contribution in [2.75, 3.05) is 12.8 Å². The van der Waals surface area contributed by atoms with Gasteiger partial charge in [-0.15, -0.1) is 0 Å². The van der Waals surface area contributed by atoms with Crippen LogP contribution in [0.15, 0.2) is 24.3 Å². The lowest BCUT2D eigenvalue weighted by Crippen LogP contribution is -2.21. The average molecular weight is 269 g/mol. The first kappa shape index (κ1) is 14.9. The number of carboxylic acid groups (broad SMARTS) is 1. The predicted octanol–water partition coefficient (Wildman–Crippen LogP) is 1.63. The van der Waals surface area contributed by atoms with Gasteiger partial charge in [-0.3, -0.25) is 4.21 Å². The maximum absolute atomic E-state index is 11.1. The van der Waals surface area contributed by atoms with Gasteiger partial charge in [0.15, 0.2) is 0 Å². The highest BCUT2D eigenvalue weighted by Crippen LogP contribution is 2.05. The molecule has 0 bridgehead atoms. The van der Waals surface area contributed by atoms with E-state index in [2.05, 4.69) is 5.32 Å². The Morgan fingerprint density at radius 2 is 2.22 bits per heavy atom. The van der Waals surface area contributed by atoms with Crippen molar-refractivity contribution in [2.45, 2.75) is 25.1 Å². The third-order valence-corrected chi connectivity index (χ3v) is 4.17. The van der Waals surface area contributed by atoms with E-state index in [9.17, 15) is 9.00 Å². The molecule has 2 unspecified atom stereocenters. The van der Waals surface area contributed by atoms with E-state index in [-0.39, 0.29) is 5.25 Å². The molecule has 0 aromatic heterocycles. The molecule has 1 rings (SSSR count). The van der Waals surface area contributed by atoms with E-state index < -0.39 is 16.8 Å². The van der Waals surface area contributed by atoms with Gasteiger partial charge in [-0.25, -0.2) is 4.79 Å². The second-order valence-corrected chi connectivity index (χ2v) is 6.08. The van der Waals surface area contributed by atoms with Crippen molar-refractivity contribution >= 4 is 16.8 Å². The quantitative estimate of drug-likeness (QED) is 0.738. The van der Waals surface area contributed by atoms with Crippen molar-refractivity contribution in [2.24, 2.45) is 0 Å². The third-order valence-electron chi connectivity index (χ3n) is 2.80. The molecule has 0 radical (unpaired) electrons. The van der Waals surface area contributed by atoms with Gasteiger partial charge < -0.3 is 10.4 Å². The van der Waals surface area contributed by atoms with Crippen LogP contribution in [0.1, 0.15) is 29.3 Å². The van der Waals surface area contributed by atoms with Gasteiger partial charge >= 0.3 is 5.97 Å². The Balaban J connectivity index is 2.38. The van der Waals surface area contributed by atoms with E-state index in [0.717, 1.165) is 18.5 Å². The lowest BCUT2D eigenvalue weighted by atomic mass is 10.1. The Kier molecular flexibility index (Phi) is 6.01. The molecule has 18 heavy (non-hydrogen) atoms. The maximum Gasteiger partial charge on any atom is 0.335 e. The van der Waals surface area contributed by atoms with Gasteiger partial charge in [0.25, 0.3) is 0 Å². The number of hydrogen-bond acceptors (Lipinski definition) is 3. The fourth-order valence-corrected chi connectivity index (χ4v) is 1.97. The Morgan fingerprint density at radius 1 is 1.50 bits per heavy atom. The van der Waals surface area contributed by atoms with Crippen LogP contribution in [0.4, 0.5) is 0 Å². The molecule has 0 heterocycles. The first-order valence-corrected chi connectivity index (χ1v) is 7.48. The minimum absolute atomic E-state index is 0.183. The highest BCUT2D eigenvalue weighted by atomic mass is 32.2. The van der Waals surface area contributed by atoms with E-state index in [1.165, 1.54) is 0 Å². The molecule has 0 aliphatic carbocycles. The zero-order valence-electron chi connectivity index (χ0n) is 10.7. The molecule has 4 nitrogen and oxygen atoms in total. The monoisotopic (exact) mass is 269 g/mol. The number of benzene rings is 1. The van der Waals surface area contributed by atoms with Crippen LogP contribution in [0.3, 0.4) is 0 Å². The Labute approximate surface area is 110 Å². The van der Waals surface area contributed by atoms with Crippen molar-refractivity contribution < 1.29 is 14.1 Å². The fraction of sp³-hybridized carbons (Fsp3) is 0.462. The summed E-state index contributed by atoms with van der Waals surface area (Å²) >= 11 is 0. The van der Waals surface area contributed by atoms with Gasteiger partial charge in [0.05, 0.1) is 5.56 Å². The molecule has 0 amide bonds. The first-order chi connectivity index (χ1) is 8.50. The number of nitrogens with one attached hydrogen (secondary N) is 1. The van der Waals surface area contributed by atoms with Crippen molar-refractivity contribution in [1.82, 2.24) is 5.32 Å². The third kappa shape index (κ3) is 4.98. The summed E-state index contributed by atoms with van der Waals surface area (Å²) in [5.41, 5.74) is 1.25. The number of rotatable bonds is 7. The van der Waals surface area contributed by atoms with E-state index in [0.29, 0.717) is 12.1 Å². The highest BCUT2D eigenvalue weighted by Gasteiger charge is 2.05. The first-order valence-electron chi connectivity index (χ1n) is 5.86. The number of carbonyl (C=O) groups is 1. The predicted molar refractivity (Wildman–Crippen MR) is 73.3 cm³/mol. The Hall–Kier alpha value is -1.20. The van der Waals surface area contributed by atoms with E-state index in [4.69, 9.17) is 5.11 Å². The molecule has 2 atom stereocenters. The largest absolute Gasteiger partial charge is 0.478 e. The minimum atomic E-state index is -0.910. The van der Waals surface area contributed by atoms with Crippen LogP contribution in [-0.4, -0.2) is 33.3 Å². The SMILES string of the molecule is CC(CCNCc1cccc(C(=O)O)c1)S(C)=O. The van der Waals surface area contributed by atoms with Gasteiger partial charge in [0.2, 0.25) is 0 Å². The second-order valence-electron chi connectivity index (χ2n) is 4.28. The summed E-state index contributed by atoms with van der Waals surface area (Å²) in [6.45, 7) is 3.37. The lowest BCUT2D eigenvalue weighted by Gasteiger charge is -2.09. The van der Waals surface area contributed by atoms with Gasteiger partial charge in [-0.2, -0.15) is 0 Å². The van der Waals surface area contributed by atoms with Gasteiger partial charge in [0, 0.05) is 28.9 Å². The van der Waals surface area contributed by atoms with Crippen molar-refractivity contribution in [1.29, 1.82) is 0 Å². The van der Waals surface area contributed by atoms with Crippen LogP contribution in [0, 0.1) is 0 Å². The topological polar surface area (TPSA) is 66.4 Å². The summed E-state index contributed by atoms with van der Waals surface area (Å²) < 4.78 is 11.1. The summed E-state index contributed by atoms with van der Waals surface area (Å²) in [6, 6.07) is 6.87. The van der Waals surface area contributed by atoms with E-state index in [1.807, 2.05) is 13.0 Å². The lowest BCUT2D eigenvalue weighted by molar-refractivity contribution is 0.0696. The smallest absolute Gasteiger partial charge is 0.335 e. The molecule has 0 fully saturated rings. The van der Waals surface area contributed by atoms with E-state index >= 15 is 0 Å². The van der Waals surface area contributed by atoms with Crippen LogP contribution in [0.25, 0.3) is 0 Å². The van der Waals surface area contributed by atoms with Crippen molar-refractivity contribution in [3.05, 3.63) is 35.4 Å². The molecule has 1 aromatic rings. The van der Waals surface area contributed by atoms with Gasteiger partial charge in [-0.1, -0.05) is 19.1 Å². The summed E-state index contributed by atoms with van der Waals surface area (Å²) in [4.78, 5) is 10.8. The highest BCUT2D eigenvalue weighted by molar-refractivity contribution is 7.84. The average Bonchev–Trinajstić information content (AvgIpc) is 2.34. The molecular formula is C13H19NO3S. The molecule has 5 heteroatoms. The van der Waals surface area contributed by atoms with Gasteiger partial charge in [-0.05, 0) is 30.7 Å². The van der Waals surface area contributed by atoms with Crippen LogP contribution in [-0.2, 0) is 17.3 Å². The zero-order valence-corrected chi connectivity index (χ0v) is 11.5. The number of aromatic carboxylic acids is 1. The van der Waals surface area contributed by atoms with Crippen LogP contribution < -0.4 is 5.32 Å². The van der Waals surface area contributed by atoms with Crippen molar-refractivity contribution in [3.63, 3.8) is 0 Å². The van der Waals surface area contributed by atoms with Crippen molar-refractivity contribution in [3.8, 4) is 0 Å². The molecule has 2 N–H and O–H groups in total. The molecule has 1 aromatic carbocycles. The Morgan fingerprint density at radius 3 is 2.83 bits per heavy atom. The standard InChI is InChI=1S/C13H19NO3S/c1-10(18(2)17)6-7-14-9-11-4-3-5-12(8-11)13(15)16/h3-5,8,10,14H,6-7,9H2,1-2H3,(H,15,16). The molecule has 0 aliphatic heterocycles. The van der Waals surface area contributed by atoms with Crippen LogP contribution in [0.5, 0.6) is 0 Å². The Bertz CT molecular complexity index is 434. The minimum Gasteiger partial charge on any atom is -0.478 e. The fourth-order valence-electron chi connectivity index (χ4n) is 1.52. The summed E-state index contributed by atoms with van der Waals surface area (Å²) in [7, 11) is -0.786. The molecule has 0 saturated heterocycles. The van der Waals surface area contributed by atoms with E-state index in [1.54, 1.807) is 24.5 Å². The van der Waals surface area contributed by atoms with Gasteiger partial charge in [0.1, 0.15) is 0 Å². The number of carboxylic acids is 1. The molecular weight excluding hydrogens is 250 g/mol. The maximum atomic E-state index is 11.1.